The first-order valence-corrected chi connectivity index (χ1v) is 8.51. The Morgan fingerprint density at radius 2 is 1.92 bits per heavy atom. The molecule has 0 aliphatic rings. The predicted octanol–water partition coefficient (Wildman–Crippen LogP) is 4.22. The lowest BCUT2D eigenvalue weighted by Crippen LogP contribution is -2.36. The van der Waals surface area contributed by atoms with Gasteiger partial charge in [0.05, 0.1) is 18.8 Å². The van der Waals surface area contributed by atoms with E-state index in [1.54, 1.807) is 0 Å². The Labute approximate surface area is 170 Å². The fourth-order valence-electron chi connectivity index (χ4n) is 2.79. The van der Waals surface area contributed by atoms with Gasteiger partial charge in [-0.1, -0.05) is 23.4 Å². The van der Waals surface area contributed by atoms with Crippen LogP contribution in [0, 0.1) is 20.8 Å². The first kappa shape index (κ1) is 20.3. The van der Waals surface area contributed by atoms with Crippen LogP contribution in [0.15, 0.2) is 38.2 Å². The molecule has 6 nitrogen and oxygen atoms in total. The summed E-state index contributed by atoms with van der Waals surface area (Å²) >= 11 is 0. The average molecular weight is 468 g/mol. The minimum Gasteiger partial charge on any atom is -0.459 e. The summed E-state index contributed by atoms with van der Waals surface area (Å²) in [6, 6.07) is 8.08. The summed E-state index contributed by atoms with van der Waals surface area (Å²) < 4.78 is 11.1. The van der Waals surface area contributed by atoms with Crippen molar-refractivity contribution in [3.63, 3.8) is 0 Å². The van der Waals surface area contributed by atoms with Crippen LogP contribution >= 0.6 is 24.0 Å². The van der Waals surface area contributed by atoms with E-state index >= 15 is 0 Å². The van der Waals surface area contributed by atoms with Crippen molar-refractivity contribution in [3.05, 3.63) is 52.6 Å². The number of benzene rings is 1. The first-order valence-electron chi connectivity index (χ1n) is 8.51. The number of furan rings is 1. The van der Waals surface area contributed by atoms with Crippen LogP contribution in [0.2, 0.25) is 0 Å². The molecule has 2 aromatic heterocycles. The lowest BCUT2D eigenvalue weighted by atomic mass is 10.1. The van der Waals surface area contributed by atoms with E-state index in [1.807, 2.05) is 39.0 Å². The number of rotatable bonds is 5. The number of hydrogen-bond donors (Lipinski definition) is 2. The minimum absolute atomic E-state index is 0. The van der Waals surface area contributed by atoms with Crippen molar-refractivity contribution in [3.8, 4) is 0 Å². The number of halogens is 1. The molecule has 7 heteroatoms. The van der Waals surface area contributed by atoms with E-state index in [-0.39, 0.29) is 24.0 Å². The standard InChI is InChI=1S/C19H24N4O2.HI/c1-5-20-19(21-10-16-13(3)23-25-14(16)4)22-11-18-12(2)15-8-6-7-9-17(15)24-18;/h6-9H,5,10-11H2,1-4H3,(H2,20,21,22);1H. The Bertz CT molecular complexity index is 879. The number of aromatic nitrogens is 1. The largest absolute Gasteiger partial charge is 0.459 e. The second-order valence-corrected chi connectivity index (χ2v) is 6.00. The van der Waals surface area contributed by atoms with Crippen LogP contribution in [0.1, 0.15) is 35.3 Å². The van der Waals surface area contributed by atoms with Gasteiger partial charge in [-0.2, -0.15) is 0 Å². The molecule has 0 aliphatic heterocycles. The summed E-state index contributed by atoms with van der Waals surface area (Å²) in [5, 5.41) is 11.7. The number of guanidine groups is 1. The van der Waals surface area contributed by atoms with E-state index in [4.69, 9.17) is 8.94 Å². The highest BCUT2D eigenvalue weighted by atomic mass is 127. The molecule has 0 radical (unpaired) electrons. The molecule has 2 N–H and O–H groups in total. The number of aliphatic imine (C=N–C) groups is 1. The van der Waals surface area contributed by atoms with Gasteiger partial charge in [0.15, 0.2) is 5.96 Å². The third-order valence-electron chi connectivity index (χ3n) is 4.28. The molecule has 0 spiro atoms. The smallest absolute Gasteiger partial charge is 0.191 e. The zero-order chi connectivity index (χ0) is 17.8. The van der Waals surface area contributed by atoms with Gasteiger partial charge in [-0.25, -0.2) is 4.99 Å². The predicted molar refractivity (Wildman–Crippen MR) is 114 cm³/mol. The summed E-state index contributed by atoms with van der Waals surface area (Å²) in [4.78, 5) is 4.63. The Balaban J connectivity index is 0.00000243. The summed E-state index contributed by atoms with van der Waals surface area (Å²) in [5.74, 6) is 2.47. The highest BCUT2D eigenvalue weighted by Gasteiger charge is 2.11. The van der Waals surface area contributed by atoms with Gasteiger partial charge in [0.1, 0.15) is 17.1 Å². The first-order chi connectivity index (χ1) is 12.1. The fraction of sp³-hybridized carbons (Fsp3) is 0.368. The maximum absolute atomic E-state index is 5.95. The van der Waals surface area contributed by atoms with Crippen molar-refractivity contribution >= 4 is 40.9 Å². The second-order valence-electron chi connectivity index (χ2n) is 6.00. The molecule has 3 rings (SSSR count). The van der Waals surface area contributed by atoms with E-state index in [2.05, 4.69) is 33.8 Å². The molecule has 26 heavy (non-hydrogen) atoms. The van der Waals surface area contributed by atoms with Gasteiger partial charge in [0.2, 0.25) is 0 Å². The van der Waals surface area contributed by atoms with Crippen LogP contribution in [0.5, 0.6) is 0 Å². The minimum atomic E-state index is 0. The molecule has 0 fully saturated rings. The van der Waals surface area contributed by atoms with Gasteiger partial charge in [-0.3, -0.25) is 0 Å². The summed E-state index contributed by atoms with van der Waals surface area (Å²) in [6.07, 6.45) is 0. The van der Waals surface area contributed by atoms with Crippen LogP contribution in [0.3, 0.4) is 0 Å². The van der Waals surface area contributed by atoms with Crippen molar-refractivity contribution in [2.75, 3.05) is 6.54 Å². The number of para-hydroxylation sites is 1. The fourth-order valence-corrected chi connectivity index (χ4v) is 2.79. The third kappa shape index (κ3) is 4.38. The third-order valence-corrected chi connectivity index (χ3v) is 4.28. The van der Waals surface area contributed by atoms with E-state index in [0.717, 1.165) is 51.8 Å². The van der Waals surface area contributed by atoms with E-state index in [0.29, 0.717) is 13.1 Å². The molecule has 0 amide bonds. The molecule has 2 heterocycles. The van der Waals surface area contributed by atoms with Crippen molar-refractivity contribution in [1.82, 2.24) is 15.8 Å². The topological polar surface area (TPSA) is 75.6 Å². The van der Waals surface area contributed by atoms with Crippen LogP contribution in [-0.4, -0.2) is 17.7 Å². The van der Waals surface area contributed by atoms with Crippen LogP contribution in [0.25, 0.3) is 11.0 Å². The Morgan fingerprint density at radius 3 is 2.58 bits per heavy atom. The van der Waals surface area contributed by atoms with Crippen molar-refractivity contribution in [2.45, 2.75) is 40.8 Å². The number of nitrogens with zero attached hydrogens (tertiary/aromatic N) is 2. The molecular formula is C19H25IN4O2. The highest BCUT2D eigenvalue weighted by molar-refractivity contribution is 14.0. The number of nitrogens with one attached hydrogen (secondary N) is 2. The Morgan fingerprint density at radius 1 is 1.15 bits per heavy atom. The summed E-state index contributed by atoms with van der Waals surface area (Å²) in [6.45, 7) is 9.84. The molecule has 0 unspecified atom stereocenters. The summed E-state index contributed by atoms with van der Waals surface area (Å²) in [5.41, 5.74) is 3.97. The maximum Gasteiger partial charge on any atom is 0.191 e. The second kappa shape index (κ2) is 9.07. The SMILES string of the molecule is CCNC(=NCc1c(C)noc1C)NCc1oc2ccccc2c1C.I. The number of fused-ring (bicyclic) bond motifs is 1. The van der Waals surface area contributed by atoms with Gasteiger partial charge in [-0.05, 0) is 33.8 Å². The molecule has 0 saturated carbocycles. The van der Waals surface area contributed by atoms with Crippen molar-refractivity contribution < 1.29 is 8.94 Å². The van der Waals surface area contributed by atoms with Crippen molar-refractivity contribution in [1.29, 1.82) is 0 Å². The number of hydrogen-bond acceptors (Lipinski definition) is 4. The Kier molecular flexibility index (Phi) is 7.07. The maximum atomic E-state index is 5.95. The van der Waals surface area contributed by atoms with Crippen LogP contribution < -0.4 is 10.6 Å². The lowest BCUT2D eigenvalue weighted by Gasteiger charge is -2.10. The highest BCUT2D eigenvalue weighted by Crippen LogP contribution is 2.24. The van der Waals surface area contributed by atoms with Gasteiger partial charge < -0.3 is 19.6 Å². The quantitative estimate of drug-likeness (QED) is 0.333. The molecule has 3 aromatic rings. The molecule has 0 atom stereocenters. The number of aryl methyl sites for hydroxylation is 3. The molecule has 140 valence electrons. The van der Waals surface area contributed by atoms with Crippen LogP contribution in [0.4, 0.5) is 0 Å². The lowest BCUT2D eigenvalue weighted by molar-refractivity contribution is 0.392. The zero-order valence-corrected chi connectivity index (χ0v) is 17.9. The van der Waals surface area contributed by atoms with E-state index in [1.165, 1.54) is 0 Å². The molecule has 0 bridgehead atoms. The average Bonchev–Trinajstić information content (AvgIpc) is 3.10. The monoisotopic (exact) mass is 468 g/mol. The normalized spacial score (nSPS) is 11.5. The van der Waals surface area contributed by atoms with E-state index < -0.39 is 0 Å². The molecule has 1 aromatic carbocycles. The van der Waals surface area contributed by atoms with E-state index in [9.17, 15) is 0 Å². The van der Waals surface area contributed by atoms with Gasteiger partial charge in [-0.15, -0.1) is 24.0 Å². The van der Waals surface area contributed by atoms with Gasteiger partial charge in [0.25, 0.3) is 0 Å². The van der Waals surface area contributed by atoms with Crippen molar-refractivity contribution in [2.24, 2.45) is 4.99 Å². The van der Waals surface area contributed by atoms with Crippen LogP contribution in [-0.2, 0) is 13.1 Å². The molecule has 0 saturated heterocycles. The molecular weight excluding hydrogens is 443 g/mol. The van der Waals surface area contributed by atoms with Gasteiger partial charge in [0, 0.05) is 23.1 Å². The summed E-state index contributed by atoms with van der Waals surface area (Å²) in [7, 11) is 0. The Hall–Kier alpha value is -2.03. The zero-order valence-electron chi connectivity index (χ0n) is 15.5. The van der Waals surface area contributed by atoms with Gasteiger partial charge >= 0.3 is 0 Å². The molecule has 0 aliphatic carbocycles.